The molecule has 0 amide bonds. The van der Waals surface area contributed by atoms with Gasteiger partial charge >= 0.3 is 0 Å². The van der Waals surface area contributed by atoms with Crippen LogP contribution in [0.1, 0.15) is 37.9 Å². The lowest BCUT2D eigenvalue weighted by atomic mass is 9.81. The minimum atomic E-state index is -0.0128. The fraction of sp³-hybridized carbons (Fsp3) is 0.600. The monoisotopic (exact) mass is 389 g/mol. The third kappa shape index (κ3) is 2.92. The maximum atomic E-state index is 6.53. The van der Waals surface area contributed by atoms with Gasteiger partial charge in [-0.3, -0.25) is 0 Å². The maximum Gasteiger partial charge on any atom is 0.0600 e. The Morgan fingerprint density at radius 3 is 2.26 bits per heavy atom. The number of benzene rings is 1. The first-order valence-electron chi connectivity index (χ1n) is 6.69. The Morgan fingerprint density at radius 2 is 1.74 bits per heavy atom. The van der Waals surface area contributed by atoms with Crippen molar-refractivity contribution in [3.05, 3.63) is 32.2 Å². The maximum absolute atomic E-state index is 6.53. The average molecular weight is 391 g/mol. The molecule has 1 aliphatic heterocycles. The molecule has 4 heteroatoms. The van der Waals surface area contributed by atoms with Crippen molar-refractivity contribution < 1.29 is 4.74 Å². The third-order valence-electron chi connectivity index (χ3n) is 4.37. The van der Waals surface area contributed by atoms with E-state index in [0.717, 1.165) is 14.5 Å². The Bertz CT molecular complexity index is 477. The van der Waals surface area contributed by atoms with Gasteiger partial charge in [-0.25, -0.2) is 0 Å². The minimum absolute atomic E-state index is 0.0128. The molecule has 2 N–H and O–H groups in total. The Labute approximate surface area is 132 Å². The highest BCUT2D eigenvalue weighted by molar-refractivity contribution is 9.11. The molecule has 2 rings (SSSR count). The summed E-state index contributed by atoms with van der Waals surface area (Å²) in [4.78, 5) is 0. The number of halogens is 2. The molecule has 106 valence electrons. The molecular formula is C15H21Br2NO. The second-order valence-electron chi connectivity index (χ2n) is 5.63. The molecule has 0 aromatic heterocycles. The molecule has 1 aliphatic rings. The van der Waals surface area contributed by atoms with Crippen LogP contribution < -0.4 is 5.73 Å². The molecule has 1 aromatic rings. The van der Waals surface area contributed by atoms with Gasteiger partial charge in [-0.2, -0.15) is 0 Å². The molecule has 19 heavy (non-hydrogen) atoms. The summed E-state index contributed by atoms with van der Waals surface area (Å²) in [6, 6.07) is 4.24. The van der Waals surface area contributed by atoms with Crippen LogP contribution in [0.3, 0.4) is 0 Å². The van der Waals surface area contributed by atoms with E-state index >= 15 is 0 Å². The fourth-order valence-electron chi connectivity index (χ4n) is 3.04. The summed E-state index contributed by atoms with van der Waals surface area (Å²) in [5, 5.41) is 0. The van der Waals surface area contributed by atoms with Crippen molar-refractivity contribution in [3.63, 3.8) is 0 Å². The lowest BCUT2D eigenvalue weighted by molar-refractivity contribution is 0.0489. The first kappa shape index (κ1) is 15.5. The van der Waals surface area contributed by atoms with E-state index in [-0.39, 0.29) is 18.2 Å². The Kier molecular flexibility index (Phi) is 4.76. The largest absolute Gasteiger partial charge is 0.375 e. The van der Waals surface area contributed by atoms with Crippen molar-refractivity contribution in [1.29, 1.82) is 0 Å². The van der Waals surface area contributed by atoms with Crippen LogP contribution in [0.4, 0.5) is 0 Å². The summed E-state index contributed by atoms with van der Waals surface area (Å²) < 4.78 is 8.10. The lowest BCUT2D eigenvalue weighted by Crippen LogP contribution is -2.31. The van der Waals surface area contributed by atoms with Gasteiger partial charge in [0.1, 0.15) is 0 Å². The van der Waals surface area contributed by atoms with E-state index in [2.05, 4.69) is 71.7 Å². The quantitative estimate of drug-likeness (QED) is 0.801. The molecule has 0 aliphatic carbocycles. The molecule has 0 radical (unpaired) electrons. The summed E-state index contributed by atoms with van der Waals surface area (Å²) in [6.45, 7) is 8.57. The Balaban J connectivity index is 2.34. The highest BCUT2D eigenvalue weighted by Crippen LogP contribution is 2.42. The van der Waals surface area contributed by atoms with Crippen LogP contribution in [0.5, 0.6) is 0 Å². The molecular weight excluding hydrogens is 370 g/mol. The van der Waals surface area contributed by atoms with Gasteiger partial charge in [0.05, 0.1) is 12.2 Å². The van der Waals surface area contributed by atoms with Crippen molar-refractivity contribution in [3.8, 4) is 0 Å². The molecule has 5 atom stereocenters. The summed E-state index contributed by atoms with van der Waals surface area (Å²) in [5.41, 5.74) is 8.89. The molecule has 1 saturated heterocycles. The van der Waals surface area contributed by atoms with Crippen LogP contribution in [0.25, 0.3) is 0 Å². The van der Waals surface area contributed by atoms with Gasteiger partial charge < -0.3 is 10.5 Å². The summed E-state index contributed by atoms with van der Waals surface area (Å²) in [6.07, 6.45) is 0.477. The van der Waals surface area contributed by atoms with E-state index in [4.69, 9.17) is 10.5 Å². The molecule has 0 bridgehead atoms. The molecule has 1 aromatic carbocycles. The first-order valence-corrected chi connectivity index (χ1v) is 8.28. The van der Waals surface area contributed by atoms with Gasteiger partial charge in [0.25, 0.3) is 0 Å². The summed E-state index contributed by atoms with van der Waals surface area (Å²) in [5.74, 6) is 0.817. The normalized spacial score (nSPS) is 32.6. The number of ether oxygens (including phenoxy) is 1. The fourth-order valence-corrected chi connectivity index (χ4v) is 4.12. The number of rotatable bonds is 2. The number of nitrogens with two attached hydrogens (primary N) is 1. The molecule has 2 nitrogen and oxygen atoms in total. The predicted molar refractivity (Wildman–Crippen MR) is 86.2 cm³/mol. The van der Waals surface area contributed by atoms with E-state index < -0.39 is 0 Å². The second kappa shape index (κ2) is 5.84. The van der Waals surface area contributed by atoms with Crippen molar-refractivity contribution in [2.75, 3.05) is 0 Å². The zero-order valence-electron chi connectivity index (χ0n) is 11.8. The van der Waals surface area contributed by atoms with E-state index in [0.29, 0.717) is 11.8 Å². The first-order chi connectivity index (χ1) is 8.82. The third-order valence-corrected chi connectivity index (χ3v) is 5.91. The highest BCUT2D eigenvalue weighted by Gasteiger charge is 2.41. The summed E-state index contributed by atoms with van der Waals surface area (Å²) >= 11 is 7.23. The van der Waals surface area contributed by atoms with E-state index in [1.54, 1.807) is 0 Å². The van der Waals surface area contributed by atoms with Gasteiger partial charge in [0.15, 0.2) is 0 Å². The van der Waals surface area contributed by atoms with Gasteiger partial charge in [0.2, 0.25) is 0 Å². The zero-order valence-corrected chi connectivity index (χ0v) is 15.0. The standard InChI is InChI=1S/C15H21Br2NO/c1-7-5-13(17)11(6-12(7)16)15(18)14-8(2)9(3)19-10(14)4/h5-6,8-10,14-15H,18H2,1-4H3. The highest BCUT2D eigenvalue weighted by atomic mass is 79.9. The smallest absolute Gasteiger partial charge is 0.0600 e. The van der Waals surface area contributed by atoms with Crippen molar-refractivity contribution >= 4 is 31.9 Å². The van der Waals surface area contributed by atoms with Crippen LogP contribution in [-0.2, 0) is 4.74 Å². The second-order valence-corrected chi connectivity index (χ2v) is 7.34. The van der Waals surface area contributed by atoms with Gasteiger partial charge in [-0.1, -0.05) is 38.8 Å². The topological polar surface area (TPSA) is 35.2 Å². The predicted octanol–water partition coefficient (Wildman–Crippen LogP) is 4.58. The molecule has 0 spiro atoms. The van der Waals surface area contributed by atoms with Gasteiger partial charge in [-0.15, -0.1) is 0 Å². The number of hydrogen-bond donors (Lipinski definition) is 1. The summed E-state index contributed by atoms with van der Waals surface area (Å²) in [7, 11) is 0. The van der Waals surface area contributed by atoms with Gasteiger partial charge in [0, 0.05) is 20.9 Å². The average Bonchev–Trinajstić information content (AvgIpc) is 2.57. The molecule has 5 unspecified atom stereocenters. The van der Waals surface area contributed by atoms with E-state index in [1.165, 1.54) is 5.56 Å². The molecule has 1 fully saturated rings. The SMILES string of the molecule is Cc1cc(Br)c(C(N)C2C(C)OC(C)C2C)cc1Br. The Hall–Kier alpha value is 0.1000. The van der Waals surface area contributed by atoms with Crippen LogP contribution in [0.2, 0.25) is 0 Å². The van der Waals surface area contributed by atoms with E-state index in [9.17, 15) is 0 Å². The van der Waals surface area contributed by atoms with Crippen molar-refractivity contribution in [2.45, 2.75) is 45.9 Å². The van der Waals surface area contributed by atoms with Crippen molar-refractivity contribution in [1.82, 2.24) is 0 Å². The molecule has 1 heterocycles. The van der Waals surface area contributed by atoms with Gasteiger partial charge in [-0.05, 0) is 49.9 Å². The van der Waals surface area contributed by atoms with Crippen molar-refractivity contribution in [2.24, 2.45) is 17.6 Å². The number of aryl methyl sites for hydroxylation is 1. The number of hydrogen-bond acceptors (Lipinski definition) is 2. The van der Waals surface area contributed by atoms with Crippen LogP contribution in [-0.4, -0.2) is 12.2 Å². The lowest BCUT2D eigenvalue weighted by Gasteiger charge is -2.27. The van der Waals surface area contributed by atoms with Crippen LogP contribution in [0.15, 0.2) is 21.1 Å². The van der Waals surface area contributed by atoms with Crippen LogP contribution >= 0.6 is 31.9 Å². The zero-order chi connectivity index (χ0) is 14.3. The Morgan fingerprint density at radius 1 is 1.11 bits per heavy atom. The molecule has 0 saturated carbocycles. The van der Waals surface area contributed by atoms with Crippen LogP contribution in [0, 0.1) is 18.8 Å². The van der Waals surface area contributed by atoms with E-state index in [1.807, 2.05) is 0 Å². The minimum Gasteiger partial charge on any atom is -0.375 e.